The van der Waals surface area contributed by atoms with Gasteiger partial charge in [-0.1, -0.05) is 24.6 Å². The molecule has 4 nitrogen and oxygen atoms in total. The predicted molar refractivity (Wildman–Crippen MR) is 109 cm³/mol. The molecule has 4 aromatic rings. The highest BCUT2D eigenvalue weighted by atomic mass is 35.5. The van der Waals surface area contributed by atoms with E-state index in [9.17, 15) is 0 Å². The van der Waals surface area contributed by atoms with Crippen LogP contribution in [0.25, 0.3) is 21.6 Å². The lowest BCUT2D eigenvalue weighted by Crippen LogP contribution is -1.98. The fraction of sp³-hybridized carbons (Fsp3) is 0.150. The first-order valence-corrected chi connectivity index (χ1v) is 9.57. The average molecular weight is 381 g/mol. The van der Waals surface area contributed by atoms with Gasteiger partial charge in [-0.3, -0.25) is 4.98 Å². The SMILES string of the molecule is CCc1cc2c(Nc3ccc(C)c(Cl)c3)nc(-c3cccnc3)nc2s1. The summed E-state index contributed by atoms with van der Waals surface area (Å²) >= 11 is 7.97. The molecule has 6 heteroatoms. The van der Waals surface area contributed by atoms with Crippen molar-refractivity contribution < 1.29 is 0 Å². The molecule has 1 N–H and O–H groups in total. The third-order valence-electron chi connectivity index (χ3n) is 4.15. The molecule has 0 bridgehead atoms. The van der Waals surface area contributed by atoms with Crippen LogP contribution >= 0.6 is 22.9 Å². The Labute approximate surface area is 160 Å². The Balaban J connectivity index is 1.85. The summed E-state index contributed by atoms with van der Waals surface area (Å²) in [6.07, 6.45) is 4.50. The average Bonchev–Trinajstić information content (AvgIpc) is 3.09. The summed E-state index contributed by atoms with van der Waals surface area (Å²) in [5.74, 6) is 1.44. The highest BCUT2D eigenvalue weighted by Gasteiger charge is 2.13. The maximum Gasteiger partial charge on any atom is 0.164 e. The molecule has 1 aromatic carbocycles. The number of aromatic nitrogens is 3. The summed E-state index contributed by atoms with van der Waals surface area (Å²) in [6.45, 7) is 4.13. The molecule has 0 saturated heterocycles. The molecular weight excluding hydrogens is 364 g/mol. The van der Waals surface area contributed by atoms with Crippen molar-refractivity contribution in [2.45, 2.75) is 20.3 Å². The van der Waals surface area contributed by atoms with Crippen molar-refractivity contribution in [2.75, 3.05) is 5.32 Å². The normalized spacial score (nSPS) is 11.0. The van der Waals surface area contributed by atoms with Gasteiger partial charge in [0.1, 0.15) is 10.6 Å². The van der Waals surface area contributed by atoms with Gasteiger partial charge < -0.3 is 5.32 Å². The van der Waals surface area contributed by atoms with Crippen LogP contribution in [0.4, 0.5) is 11.5 Å². The van der Waals surface area contributed by atoms with Crippen molar-refractivity contribution in [1.29, 1.82) is 0 Å². The van der Waals surface area contributed by atoms with E-state index in [0.29, 0.717) is 5.82 Å². The molecule has 0 fully saturated rings. The van der Waals surface area contributed by atoms with E-state index in [1.54, 1.807) is 23.7 Å². The fourth-order valence-corrected chi connectivity index (χ4v) is 3.82. The molecule has 26 heavy (non-hydrogen) atoms. The Morgan fingerprint density at radius 1 is 1.15 bits per heavy atom. The summed E-state index contributed by atoms with van der Waals surface area (Å²) in [4.78, 5) is 15.9. The third-order valence-corrected chi connectivity index (χ3v) is 5.73. The Bertz CT molecular complexity index is 1080. The maximum atomic E-state index is 6.27. The highest BCUT2D eigenvalue weighted by Crippen LogP contribution is 2.33. The number of thiophene rings is 1. The summed E-state index contributed by atoms with van der Waals surface area (Å²) in [5.41, 5.74) is 2.85. The monoisotopic (exact) mass is 380 g/mol. The Hall–Kier alpha value is -2.50. The first-order chi connectivity index (χ1) is 12.6. The van der Waals surface area contributed by atoms with Crippen molar-refractivity contribution >= 4 is 44.7 Å². The van der Waals surface area contributed by atoms with E-state index < -0.39 is 0 Å². The zero-order valence-corrected chi connectivity index (χ0v) is 16.0. The quantitative estimate of drug-likeness (QED) is 0.470. The van der Waals surface area contributed by atoms with Crippen LogP contribution in [0.5, 0.6) is 0 Å². The number of hydrogen-bond acceptors (Lipinski definition) is 5. The topological polar surface area (TPSA) is 50.7 Å². The van der Waals surface area contributed by atoms with Crippen molar-refractivity contribution in [3.05, 3.63) is 64.3 Å². The first-order valence-electron chi connectivity index (χ1n) is 8.38. The van der Waals surface area contributed by atoms with Crippen molar-refractivity contribution in [3.63, 3.8) is 0 Å². The zero-order valence-electron chi connectivity index (χ0n) is 14.5. The second-order valence-corrected chi connectivity index (χ2v) is 7.53. The van der Waals surface area contributed by atoms with Gasteiger partial charge in [0.15, 0.2) is 5.82 Å². The van der Waals surface area contributed by atoms with Crippen LogP contribution in [0.2, 0.25) is 5.02 Å². The molecule has 0 aliphatic heterocycles. The van der Waals surface area contributed by atoms with Gasteiger partial charge in [-0.25, -0.2) is 9.97 Å². The van der Waals surface area contributed by atoms with E-state index in [2.05, 4.69) is 23.3 Å². The van der Waals surface area contributed by atoms with Gasteiger partial charge in [0.05, 0.1) is 5.39 Å². The first kappa shape index (κ1) is 16.9. The lowest BCUT2D eigenvalue weighted by molar-refractivity contribution is 1.19. The number of fused-ring (bicyclic) bond motifs is 1. The molecule has 0 saturated carbocycles. The van der Waals surface area contributed by atoms with Gasteiger partial charge in [0.25, 0.3) is 0 Å². The smallest absolute Gasteiger partial charge is 0.164 e. The Morgan fingerprint density at radius 2 is 2.04 bits per heavy atom. The fourth-order valence-electron chi connectivity index (χ4n) is 2.67. The van der Waals surface area contributed by atoms with Gasteiger partial charge in [0.2, 0.25) is 0 Å². The molecule has 0 radical (unpaired) electrons. The largest absolute Gasteiger partial charge is 0.340 e. The number of pyridine rings is 1. The van der Waals surface area contributed by atoms with Crippen LogP contribution in [-0.2, 0) is 6.42 Å². The van der Waals surface area contributed by atoms with Gasteiger partial charge in [-0.2, -0.15) is 0 Å². The van der Waals surface area contributed by atoms with E-state index in [4.69, 9.17) is 21.6 Å². The number of anilines is 2. The van der Waals surface area contributed by atoms with Crippen LogP contribution in [0, 0.1) is 6.92 Å². The van der Waals surface area contributed by atoms with Gasteiger partial charge in [0, 0.05) is 33.5 Å². The molecule has 3 heterocycles. The van der Waals surface area contributed by atoms with E-state index in [-0.39, 0.29) is 0 Å². The minimum Gasteiger partial charge on any atom is -0.340 e. The lowest BCUT2D eigenvalue weighted by Gasteiger charge is -2.10. The second kappa shape index (κ2) is 7.02. The maximum absolute atomic E-state index is 6.27. The number of benzene rings is 1. The number of nitrogens with zero attached hydrogens (tertiary/aromatic N) is 3. The zero-order chi connectivity index (χ0) is 18.1. The van der Waals surface area contributed by atoms with Gasteiger partial charge in [-0.05, 0) is 49.2 Å². The minimum absolute atomic E-state index is 0.663. The van der Waals surface area contributed by atoms with Crippen molar-refractivity contribution in [1.82, 2.24) is 15.0 Å². The van der Waals surface area contributed by atoms with E-state index in [1.165, 1.54) is 4.88 Å². The molecule has 0 amide bonds. The van der Waals surface area contributed by atoms with Crippen LogP contribution < -0.4 is 5.32 Å². The van der Waals surface area contributed by atoms with E-state index in [0.717, 1.165) is 44.3 Å². The molecule has 130 valence electrons. The van der Waals surface area contributed by atoms with E-state index >= 15 is 0 Å². The standard InChI is InChI=1S/C20H17ClN4S/c1-3-15-10-16-19(23-14-7-6-12(2)17(21)9-14)24-18(25-20(16)26-15)13-5-4-8-22-11-13/h4-11H,3H2,1-2H3,(H,23,24,25). The molecular formula is C20H17ClN4S. The molecule has 0 unspecified atom stereocenters. The van der Waals surface area contributed by atoms with Crippen LogP contribution in [-0.4, -0.2) is 15.0 Å². The molecule has 3 aromatic heterocycles. The molecule has 0 spiro atoms. The number of nitrogens with one attached hydrogen (secondary N) is 1. The highest BCUT2D eigenvalue weighted by molar-refractivity contribution is 7.18. The number of halogens is 1. The minimum atomic E-state index is 0.663. The van der Waals surface area contributed by atoms with E-state index in [1.807, 2.05) is 37.3 Å². The molecule has 0 aliphatic carbocycles. The lowest BCUT2D eigenvalue weighted by atomic mass is 10.2. The molecule has 0 atom stereocenters. The van der Waals surface area contributed by atoms with Crippen LogP contribution in [0.1, 0.15) is 17.4 Å². The molecule has 0 aliphatic rings. The predicted octanol–water partition coefficient (Wildman–Crippen LogP) is 6.02. The summed E-state index contributed by atoms with van der Waals surface area (Å²) in [6, 6.07) is 11.9. The Kier molecular flexibility index (Phi) is 4.57. The summed E-state index contributed by atoms with van der Waals surface area (Å²) in [7, 11) is 0. The number of rotatable bonds is 4. The Morgan fingerprint density at radius 3 is 2.77 bits per heavy atom. The van der Waals surface area contributed by atoms with Crippen molar-refractivity contribution in [2.24, 2.45) is 0 Å². The number of hydrogen-bond donors (Lipinski definition) is 1. The molecule has 4 rings (SSSR count). The van der Waals surface area contributed by atoms with Gasteiger partial charge in [-0.15, -0.1) is 11.3 Å². The van der Waals surface area contributed by atoms with Crippen LogP contribution in [0.3, 0.4) is 0 Å². The van der Waals surface area contributed by atoms with Crippen molar-refractivity contribution in [3.8, 4) is 11.4 Å². The summed E-state index contributed by atoms with van der Waals surface area (Å²) in [5, 5.41) is 5.17. The van der Waals surface area contributed by atoms with Gasteiger partial charge >= 0.3 is 0 Å². The van der Waals surface area contributed by atoms with Crippen LogP contribution in [0.15, 0.2) is 48.8 Å². The summed E-state index contributed by atoms with van der Waals surface area (Å²) < 4.78 is 0. The third kappa shape index (κ3) is 3.28. The second-order valence-electron chi connectivity index (χ2n) is 6.01. The number of aryl methyl sites for hydroxylation is 2.